The van der Waals surface area contributed by atoms with Gasteiger partial charge in [0.2, 0.25) is 0 Å². The molecule has 2 N–H and O–H groups in total. The van der Waals surface area contributed by atoms with Crippen LogP contribution in [0.3, 0.4) is 0 Å². The molecule has 0 radical (unpaired) electrons. The minimum Gasteiger partial charge on any atom is -0.343 e. The molecule has 0 spiro atoms. The molecule has 0 saturated carbocycles. The molecule has 0 unspecified atom stereocenters. The third-order valence-electron chi connectivity index (χ3n) is 2.88. The molecule has 0 aromatic carbocycles. The Balaban J connectivity index is 4.37. The summed E-state index contributed by atoms with van der Waals surface area (Å²) in [6, 6.07) is 0. The van der Waals surface area contributed by atoms with Gasteiger partial charge in [0.1, 0.15) is 0 Å². The minimum absolute atomic E-state index is 0.342. The summed E-state index contributed by atoms with van der Waals surface area (Å²) in [5, 5.41) is 5.40. The molecule has 94 valence electrons. The topological polar surface area (TPSA) is 58.2 Å². The van der Waals surface area contributed by atoms with Crippen LogP contribution in [-0.4, -0.2) is 22.9 Å². The highest BCUT2D eigenvalue weighted by molar-refractivity contribution is 6.35. The molecular weight excluding hydrogens is 204 g/mol. The molecule has 2 amide bonds. The summed E-state index contributed by atoms with van der Waals surface area (Å²) in [7, 11) is 0. The van der Waals surface area contributed by atoms with Gasteiger partial charge in [-0.25, -0.2) is 0 Å². The number of amides is 2. The van der Waals surface area contributed by atoms with Crippen molar-refractivity contribution in [3.63, 3.8) is 0 Å². The molecule has 0 bridgehead atoms. The van der Waals surface area contributed by atoms with Crippen molar-refractivity contribution in [2.24, 2.45) is 0 Å². The number of carbonyl (C=O) groups is 2. The van der Waals surface area contributed by atoms with Crippen LogP contribution in [-0.2, 0) is 9.59 Å². The summed E-state index contributed by atoms with van der Waals surface area (Å²) >= 11 is 0. The lowest BCUT2D eigenvalue weighted by atomic mass is 10.0. The van der Waals surface area contributed by atoms with Gasteiger partial charge in [0.05, 0.1) is 0 Å². The molecule has 4 nitrogen and oxygen atoms in total. The van der Waals surface area contributed by atoms with Gasteiger partial charge in [0.15, 0.2) is 0 Å². The van der Waals surface area contributed by atoms with Crippen LogP contribution in [0.15, 0.2) is 0 Å². The van der Waals surface area contributed by atoms with Crippen LogP contribution in [0.4, 0.5) is 0 Å². The van der Waals surface area contributed by atoms with E-state index in [-0.39, 0.29) is 11.1 Å². The highest BCUT2D eigenvalue weighted by Gasteiger charge is 2.26. The summed E-state index contributed by atoms with van der Waals surface area (Å²) in [6.45, 7) is 11.5. The number of hydrogen-bond donors (Lipinski definition) is 2. The quantitative estimate of drug-likeness (QED) is 0.718. The highest BCUT2D eigenvalue weighted by Crippen LogP contribution is 2.08. The van der Waals surface area contributed by atoms with Crippen molar-refractivity contribution < 1.29 is 9.59 Å². The van der Waals surface area contributed by atoms with Gasteiger partial charge in [-0.2, -0.15) is 0 Å². The molecule has 4 heteroatoms. The zero-order valence-corrected chi connectivity index (χ0v) is 11.2. The maximum atomic E-state index is 11.6. The van der Waals surface area contributed by atoms with Crippen molar-refractivity contribution in [3.05, 3.63) is 0 Å². The first kappa shape index (κ1) is 14.9. The molecular formula is C12H24N2O2. The number of hydrogen-bond acceptors (Lipinski definition) is 2. The Labute approximate surface area is 98.2 Å². The van der Waals surface area contributed by atoms with Crippen molar-refractivity contribution in [3.8, 4) is 0 Å². The van der Waals surface area contributed by atoms with Crippen LogP contribution in [0.1, 0.15) is 54.4 Å². The second-order valence-electron chi connectivity index (χ2n) is 5.38. The van der Waals surface area contributed by atoms with Crippen molar-refractivity contribution in [1.29, 1.82) is 0 Å². The molecule has 0 rings (SSSR count). The van der Waals surface area contributed by atoms with E-state index in [1.807, 2.05) is 41.5 Å². The van der Waals surface area contributed by atoms with Crippen LogP contribution in [0, 0.1) is 0 Å². The first-order valence-corrected chi connectivity index (χ1v) is 5.78. The largest absolute Gasteiger partial charge is 0.343 e. The fraction of sp³-hybridized carbons (Fsp3) is 0.833. The molecule has 0 heterocycles. The molecule has 0 aliphatic rings. The van der Waals surface area contributed by atoms with Crippen molar-refractivity contribution in [1.82, 2.24) is 10.6 Å². The normalized spacial score (nSPS) is 12.1. The molecule has 0 aromatic heterocycles. The zero-order chi connectivity index (χ0) is 13.0. The second kappa shape index (κ2) is 5.32. The second-order valence-corrected chi connectivity index (χ2v) is 5.38. The van der Waals surface area contributed by atoms with E-state index in [2.05, 4.69) is 10.6 Å². The number of carbonyl (C=O) groups excluding carboxylic acids is 2. The summed E-state index contributed by atoms with van der Waals surface area (Å²) < 4.78 is 0. The van der Waals surface area contributed by atoms with E-state index >= 15 is 0 Å². The van der Waals surface area contributed by atoms with Gasteiger partial charge in [-0.15, -0.1) is 0 Å². The minimum atomic E-state index is -0.562. The maximum absolute atomic E-state index is 11.6. The average Bonchev–Trinajstić information content (AvgIpc) is 2.16. The van der Waals surface area contributed by atoms with Crippen LogP contribution in [0.25, 0.3) is 0 Å². The third-order valence-corrected chi connectivity index (χ3v) is 2.88. The van der Waals surface area contributed by atoms with Gasteiger partial charge < -0.3 is 10.6 Å². The summed E-state index contributed by atoms with van der Waals surface area (Å²) in [5.41, 5.74) is -0.685. The van der Waals surface area contributed by atoms with Gasteiger partial charge in [-0.05, 0) is 40.5 Å². The Morgan fingerprint density at radius 2 is 1.06 bits per heavy atom. The lowest BCUT2D eigenvalue weighted by molar-refractivity contribution is -0.141. The molecule has 0 fully saturated rings. The summed E-state index contributed by atoms with van der Waals surface area (Å²) in [4.78, 5) is 23.2. The first-order valence-electron chi connectivity index (χ1n) is 5.78. The van der Waals surface area contributed by atoms with Gasteiger partial charge in [0.25, 0.3) is 0 Å². The van der Waals surface area contributed by atoms with Gasteiger partial charge in [-0.3, -0.25) is 9.59 Å². The fourth-order valence-corrected chi connectivity index (χ4v) is 0.905. The third kappa shape index (κ3) is 5.14. The van der Waals surface area contributed by atoms with Crippen LogP contribution >= 0.6 is 0 Å². The van der Waals surface area contributed by atoms with E-state index in [9.17, 15) is 9.59 Å². The number of rotatable bonds is 4. The number of nitrogens with one attached hydrogen (secondary N) is 2. The Kier molecular flexibility index (Phi) is 4.97. The van der Waals surface area contributed by atoms with E-state index in [1.165, 1.54) is 0 Å². The van der Waals surface area contributed by atoms with Crippen molar-refractivity contribution in [2.75, 3.05) is 0 Å². The Bertz CT molecular complexity index is 242. The smallest absolute Gasteiger partial charge is 0.309 e. The zero-order valence-electron chi connectivity index (χ0n) is 11.2. The van der Waals surface area contributed by atoms with Crippen LogP contribution in [0.5, 0.6) is 0 Å². The predicted molar refractivity (Wildman–Crippen MR) is 65.0 cm³/mol. The average molecular weight is 228 g/mol. The van der Waals surface area contributed by atoms with Gasteiger partial charge >= 0.3 is 11.8 Å². The van der Waals surface area contributed by atoms with Crippen molar-refractivity contribution >= 4 is 11.8 Å². The maximum Gasteiger partial charge on any atom is 0.309 e. The molecule has 0 saturated heterocycles. The van der Waals surface area contributed by atoms with Crippen molar-refractivity contribution in [2.45, 2.75) is 65.5 Å². The van der Waals surface area contributed by atoms with Gasteiger partial charge in [0, 0.05) is 11.1 Å². The molecule has 0 aromatic rings. The summed E-state index contributed by atoms with van der Waals surface area (Å²) in [5.74, 6) is -1.12. The molecule has 0 atom stereocenters. The SMILES string of the molecule is CCC(C)(C)NC(=O)C(=O)NC(C)(C)CC. The van der Waals surface area contributed by atoms with E-state index in [0.29, 0.717) is 0 Å². The van der Waals surface area contributed by atoms with E-state index < -0.39 is 11.8 Å². The lowest BCUT2D eigenvalue weighted by Crippen LogP contribution is -2.53. The summed E-state index contributed by atoms with van der Waals surface area (Å²) in [6.07, 6.45) is 1.56. The van der Waals surface area contributed by atoms with Gasteiger partial charge in [-0.1, -0.05) is 13.8 Å². The Morgan fingerprint density at radius 1 is 0.812 bits per heavy atom. The predicted octanol–water partition coefficient (Wildman–Crippen LogP) is 1.60. The van der Waals surface area contributed by atoms with Crippen LogP contribution < -0.4 is 10.6 Å². The van der Waals surface area contributed by atoms with Crippen LogP contribution in [0.2, 0.25) is 0 Å². The molecule has 16 heavy (non-hydrogen) atoms. The fourth-order valence-electron chi connectivity index (χ4n) is 0.905. The monoisotopic (exact) mass is 228 g/mol. The molecule has 0 aliphatic heterocycles. The van der Waals surface area contributed by atoms with E-state index in [0.717, 1.165) is 12.8 Å². The highest BCUT2D eigenvalue weighted by atomic mass is 16.2. The Morgan fingerprint density at radius 3 is 1.25 bits per heavy atom. The standard InChI is InChI=1S/C12H24N2O2/c1-7-11(3,4)13-9(15)10(16)14-12(5,6)8-2/h7-8H2,1-6H3,(H,13,15)(H,14,16). The molecule has 0 aliphatic carbocycles. The lowest BCUT2D eigenvalue weighted by Gasteiger charge is -2.27. The van der Waals surface area contributed by atoms with E-state index in [1.54, 1.807) is 0 Å². The van der Waals surface area contributed by atoms with E-state index in [4.69, 9.17) is 0 Å². The Hall–Kier alpha value is -1.06. The first-order chi connectivity index (χ1) is 7.13.